The van der Waals surface area contributed by atoms with E-state index in [4.69, 9.17) is 0 Å². The van der Waals surface area contributed by atoms with Crippen LogP contribution < -0.4 is 10.6 Å². The maximum absolute atomic E-state index is 12.7. The van der Waals surface area contributed by atoms with E-state index in [0.29, 0.717) is 30.6 Å². The van der Waals surface area contributed by atoms with Crippen molar-refractivity contribution < 1.29 is 18.0 Å². The van der Waals surface area contributed by atoms with Crippen molar-refractivity contribution in [3.63, 3.8) is 0 Å². The van der Waals surface area contributed by atoms with E-state index < -0.39 is 15.9 Å². The number of sulfonamides is 1. The molecule has 2 N–H and O–H groups in total. The van der Waals surface area contributed by atoms with Crippen molar-refractivity contribution in [1.82, 2.24) is 9.62 Å². The van der Waals surface area contributed by atoms with Gasteiger partial charge in [-0.1, -0.05) is 19.1 Å². The minimum atomic E-state index is -3.31. The Morgan fingerprint density at radius 1 is 1.26 bits per heavy atom. The average Bonchev–Trinajstić information content (AvgIpc) is 2.68. The van der Waals surface area contributed by atoms with Crippen LogP contribution >= 0.6 is 0 Å². The highest BCUT2D eigenvalue weighted by molar-refractivity contribution is 7.89. The number of anilines is 1. The van der Waals surface area contributed by atoms with Gasteiger partial charge in [0.15, 0.2) is 0 Å². The molecule has 1 aromatic rings. The van der Waals surface area contributed by atoms with Crippen molar-refractivity contribution in [2.24, 2.45) is 5.92 Å². The van der Waals surface area contributed by atoms with Crippen molar-refractivity contribution >= 4 is 27.5 Å². The van der Waals surface area contributed by atoms with Gasteiger partial charge < -0.3 is 10.6 Å². The van der Waals surface area contributed by atoms with Crippen molar-refractivity contribution in [1.29, 1.82) is 0 Å². The normalized spacial score (nSPS) is 19.3. The standard InChI is InChI=1S/C19H29N3O4S/c1-4-14(3)20-19(24)16-10-6-7-11-17(16)21-18(23)15-9-8-12-22(13-15)27(25,26)5-2/h6-7,10-11,14-15H,4-5,8-9,12-13H2,1-3H3,(H,20,24)(H,21,23)/t14-,15-/m0/s1. The molecular weight excluding hydrogens is 366 g/mol. The molecule has 1 fully saturated rings. The molecule has 1 heterocycles. The van der Waals surface area contributed by atoms with Crippen LogP contribution in [0.2, 0.25) is 0 Å². The first-order valence-electron chi connectivity index (χ1n) is 9.47. The summed E-state index contributed by atoms with van der Waals surface area (Å²) >= 11 is 0. The second-order valence-electron chi connectivity index (χ2n) is 6.92. The number of rotatable bonds is 7. The van der Waals surface area contributed by atoms with Crippen molar-refractivity contribution in [2.45, 2.75) is 46.1 Å². The quantitative estimate of drug-likeness (QED) is 0.740. The molecule has 150 valence electrons. The third kappa shape index (κ3) is 5.52. The van der Waals surface area contributed by atoms with Gasteiger partial charge in [0, 0.05) is 19.1 Å². The molecule has 1 aliphatic heterocycles. The highest BCUT2D eigenvalue weighted by Crippen LogP contribution is 2.22. The Kier molecular flexibility index (Phi) is 7.38. The first-order valence-corrected chi connectivity index (χ1v) is 11.1. The number of amides is 2. The monoisotopic (exact) mass is 395 g/mol. The zero-order valence-corrected chi connectivity index (χ0v) is 17.0. The van der Waals surface area contributed by atoms with Crippen LogP contribution in [0.25, 0.3) is 0 Å². The second-order valence-corrected chi connectivity index (χ2v) is 9.17. The smallest absolute Gasteiger partial charge is 0.253 e. The molecule has 27 heavy (non-hydrogen) atoms. The van der Waals surface area contributed by atoms with Crippen LogP contribution in [0.5, 0.6) is 0 Å². The summed E-state index contributed by atoms with van der Waals surface area (Å²) in [5.74, 6) is -0.889. The summed E-state index contributed by atoms with van der Waals surface area (Å²) in [6.45, 7) is 6.14. The molecule has 0 spiro atoms. The van der Waals surface area contributed by atoms with Crippen LogP contribution in [0.15, 0.2) is 24.3 Å². The van der Waals surface area contributed by atoms with E-state index in [1.807, 2.05) is 13.8 Å². The second kappa shape index (κ2) is 9.32. The summed E-state index contributed by atoms with van der Waals surface area (Å²) in [5, 5.41) is 5.72. The fraction of sp³-hybridized carbons (Fsp3) is 0.579. The van der Waals surface area contributed by atoms with Gasteiger partial charge in [0.1, 0.15) is 0 Å². The lowest BCUT2D eigenvalue weighted by Gasteiger charge is -2.31. The van der Waals surface area contributed by atoms with Crippen LogP contribution in [0.1, 0.15) is 50.4 Å². The number of hydrogen-bond donors (Lipinski definition) is 2. The van der Waals surface area contributed by atoms with E-state index in [0.717, 1.165) is 6.42 Å². The van der Waals surface area contributed by atoms with E-state index in [9.17, 15) is 18.0 Å². The zero-order chi connectivity index (χ0) is 20.0. The highest BCUT2D eigenvalue weighted by Gasteiger charge is 2.31. The fourth-order valence-corrected chi connectivity index (χ4v) is 4.20. The molecule has 0 saturated carbocycles. The predicted molar refractivity (Wildman–Crippen MR) is 106 cm³/mol. The number of nitrogens with zero attached hydrogens (tertiary/aromatic N) is 1. The van der Waals surface area contributed by atoms with Crippen molar-refractivity contribution in [3.8, 4) is 0 Å². The molecule has 1 aromatic carbocycles. The summed E-state index contributed by atoms with van der Waals surface area (Å²) in [7, 11) is -3.31. The Hall–Kier alpha value is -1.93. The number of hydrogen-bond acceptors (Lipinski definition) is 4. The molecular formula is C19H29N3O4S. The minimum absolute atomic E-state index is 0.0277. The summed E-state index contributed by atoms with van der Waals surface area (Å²) in [4.78, 5) is 25.2. The molecule has 2 amide bonds. The molecule has 8 heteroatoms. The fourth-order valence-electron chi connectivity index (χ4n) is 3.02. The summed E-state index contributed by atoms with van der Waals surface area (Å²) < 4.78 is 25.6. The molecule has 7 nitrogen and oxygen atoms in total. The van der Waals surface area contributed by atoms with Crippen LogP contribution in [0.4, 0.5) is 5.69 Å². The summed E-state index contributed by atoms with van der Waals surface area (Å²) in [6.07, 6.45) is 2.08. The Bertz CT molecular complexity index is 779. The lowest BCUT2D eigenvalue weighted by atomic mass is 9.98. The number of carbonyl (C=O) groups excluding carboxylic acids is 2. The van der Waals surface area contributed by atoms with E-state index in [2.05, 4.69) is 10.6 Å². The van der Waals surface area contributed by atoms with Gasteiger partial charge in [0.05, 0.1) is 22.9 Å². The SMILES string of the molecule is CC[C@H](C)NC(=O)c1ccccc1NC(=O)[C@H]1CCCN(S(=O)(=O)CC)C1. The number of nitrogens with one attached hydrogen (secondary N) is 2. The highest BCUT2D eigenvalue weighted by atomic mass is 32.2. The van der Waals surface area contributed by atoms with Crippen LogP contribution in [-0.2, 0) is 14.8 Å². The van der Waals surface area contributed by atoms with Crippen molar-refractivity contribution in [2.75, 3.05) is 24.2 Å². The Labute approximate surface area is 161 Å². The van der Waals surface area contributed by atoms with Crippen LogP contribution in [0.3, 0.4) is 0 Å². The van der Waals surface area contributed by atoms with Gasteiger partial charge in [0.25, 0.3) is 5.91 Å². The lowest BCUT2D eigenvalue weighted by molar-refractivity contribution is -0.120. The predicted octanol–water partition coefficient (Wildman–Crippen LogP) is 2.22. The number of para-hydroxylation sites is 1. The van der Waals surface area contributed by atoms with Gasteiger partial charge in [-0.2, -0.15) is 0 Å². The zero-order valence-electron chi connectivity index (χ0n) is 16.2. The van der Waals surface area contributed by atoms with E-state index in [-0.39, 0.29) is 30.2 Å². The molecule has 0 aromatic heterocycles. The maximum atomic E-state index is 12.7. The Balaban J connectivity index is 2.11. The molecule has 0 aliphatic carbocycles. The minimum Gasteiger partial charge on any atom is -0.350 e. The summed E-state index contributed by atoms with van der Waals surface area (Å²) in [6, 6.07) is 6.89. The molecule has 0 radical (unpaired) electrons. The first-order chi connectivity index (χ1) is 12.8. The Morgan fingerprint density at radius 2 is 1.96 bits per heavy atom. The van der Waals surface area contributed by atoms with E-state index in [1.165, 1.54) is 4.31 Å². The van der Waals surface area contributed by atoms with Gasteiger partial charge in [0.2, 0.25) is 15.9 Å². The molecule has 0 unspecified atom stereocenters. The first kappa shape index (κ1) is 21.4. The Morgan fingerprint density at radius 3 is 2.63 bits per heavy atom. The molecule has 1 aliphatic rings. The third-order valence-corrected chi connectivity index (χ3v) is 6.78. The van der Waals surface area contributed by atoms with Crippen LogP contribution in [0, 0.1) is 5.92 Å². The van der Waals surface area contributed by atoms with Crippen molar-refractivity contribution in [3.05, 3.63) is 29.8 Å². The largest absolute Gasteiger partial charge is 0.350 e. The molecule has 0 bridgehead atoms. The summed E-state index contributed by atoms with van der Waals surface area (Å²) in [5.41, 5.74) is 0.846. The molecule has 1 saturated heterocycles. The van der Waals surface area contributed by atoms with Crippen LogP contribution in [-0.4, -0.2) is 49.4 Å². The number of benzene rings is 1. The van der Waals surface area contributed by atoms with E-state index in [1.54, 1.807) is 31.2 Å². The topological polar surface area (TPSA) is 95.6 Å². The van der Waals surface area contributed by atoms with Gasteiger partial charge in [-0.25, -0.2) is 12.7 Å². The van der Waals surface area contributed by atoms with Gasteiger partial charge in [-0.3, -0.25) is 9.59 Å². The number of carbonyl (C=O) groups is 2. The van der Waals surface area contributed by atoms with Gasteiger partial charge in [-0.05, 0) is 45.2 Å². The maximum Gasteiger partial charge on any atom is 0.253 e. The average molecular weight is 396 g/mol. The number of piperidine rings is 1. The lowest BCUT2D eigenvalue weighted by Crippen LogP contribution is -2.44. The molecule has 2 atom stereocenters. The third-order valence-electron chi connectivity index (χ3n) is 4.93. The van der Waals surface area contributed by atoms with E-state index >= 15 is 0 Å². The van der Waals surface area contributed by atoms with Gasteiger partial charge >= 0.3 is 0 Å². The molecule has 2 rings (SSSR count). The van der Waals surface area contributed by atoms with Gasteiger partial charge in [-0.15, -0.1) is 0 Å².